The number of carbonyl (C=O) groups is 3. The first-order valence-electron chi connectivity index (χ1n) is 17.3. The zero-order valence-electron chi connectivity index (χ0n) is 28.3. The van der Waals surface area contributed by atoms with Crippen LogP contribution in [0, 0.1) is 5.92 Å². The first kappa shape index (κ1) is 33.1. The van der Waals surface area contributed by atoms with Crippen molar-refractivity contribution in [3.63, 3.8) is 0 Å². The molecule has 2 saturated heterocycles. The predicted octanol–water partition coefficient (Wildman–Crippen LogP) is 6.50. The Hall–Kier alpha value is -4.06. The number of carbonyl (C=O) groups excluding carboxylic acids is 3. The van der Waals surface area contributed by atoms with Crippen LogP contribution >= 0.6 is 11.6 Å². The largest absolute Gasteiger partial charge is 0.432 e. The monoisotopic (exact) mass is 709 g/mol. The third-order valence-electron chi connectivity index (χ3n) is 11.3. The average molecular weight is 710 g/mol. The van der Waals surface area contributed by atoms with Crippen LogP contribution in [0.2, 0.25) is 23.7 Å². The number of rotatable bonds is 7. The van der Waals surface area contributed by atoms with Crippen molar-refractivity contribution in [1.82, 2.24) is 4.90 Å². The molecule has 5 atom stereocenters. The Labute approximate surface area is 297 Å². The summed E-state index contributed by atoms with van der Waals surface area (Å²) in [6, 6.07) is 24.5. The number of halogens is 1. The van der Waals surface area contributed by atoms with Crippen molar-refractivity contribution in [3.8, 4) is 0 Å². The molecular formula is C39H40ClN3O6Si. The number of aliphatic hydroxyl groups is 1. The van der Waals surface area contributed by atoms with E-state index < -0.39 is 31.5 Å². The van der Waals surface area contributed by atoms with Crippen LogP contribution in [0.1, 0.15) is 47.7 Å². The van der Waals surface area contributed by atoms with Gasteiger partial charge in [-0.15, -0.1) is 0 Å². The van der Waals surface area contributed by atoms with E-state index in [0.29, 0.717) is 28.4 Å². The molecular weight excluding hydrogens is 670 g/mol. The Morgan fingerprint density at radius 3 is 2.48 bits per heavy atom. The minimum absolute atomic E-state index is 0.0156. The second kappa shape index (κ2) is 12.0. The lowest BCUT2D eigenvalue weighted by Gasteiger charge is -2.32. The zero-order valence-corrected chi connectivity index (χ0v) is 30.1. The Kier molecular flexibility index (Phi) is 7.96. The van der Waals surface area contributed by atoms with Crippen molar-refractivity contribution in [2.75, 3.05) is 23.0 Å². The summed E-state index contributed by atoms with van der Waals surface area (Å²) in [5.41, 5.74) is 2.59. The minimum atomic E-state index is -2.98. The van der Waals surface area contributed by atoms with Crippen LogP contribution in [-0.2, 0) is 26.5 Å². The lowest BCUT2D eigenvalue weighted by molar-refractivity contribution is -0.150. The van der Waals surface area contributed by atoms with E-state index in [0.717, 1.165) is 40.6 Å². The normalized spacial score (nSPS) is 25.8. The highest BCUT2D eigenvalue weighted by Gasteiger charge is 2.66. The highest BCUT2D eigenvalue weighted by Crippen LogP contribution is 2.60. The molecule has 50 heavy (non-hydrogen) atoms. The first-order chi connectivity index (χ1) is 23.9. The van der Waals surface area contributed by atoms with Gasteiger partial charge in [0.05, 0.1) is 48.7 Å². The van der Waals surface area contributed by atoms with Crippen molar-refractivity contribution in [3.05, 3.63) is 101 Å². The van der Waals surface area contributed by atoms with Crippen molar-refractivity contribution in [2.45, 2.75) is 69.1 Å². The number of likely N-dealkylation sites (tertiary alicyclic amines) is 1. The summed E-state index contributed by atoms with van der Waals surface area (Å²) in [6.45, 7) is 6.33. The average Bonchev–Trinajstić information content (AvgIpc) is 3.82. The molecule has 4 aromatic carbocycles. The molecule has 0 radical (unpaired) electrons. The lowest BCUT2D eigenvalue weighted by atomic mass is 9.82. The molecule has 0 saturated carbocycles. The molecule has 0 aromatic heterocycles. The molecule has 2 N–H and O–H groups in total. The lowest BCUT2D eigenvalue weighted by Crippen LogP contribution is -2.46. The van der Waals surface area contributed by atoms with Crippen LogP contribution in [0.3, 0.4) is 0 Å². The van der Waals surface area contributed by atoms with Crippen LogP contribution in [0.4, 0.5) is 17.1 Å². The van der Waals surface area contributed by atoms with Crippen molar-refractivity contribution < 1.29 is 29.0 Å². The number of amides is 3. The summed E-state index contributed by atoms with van der Waals surface area (Å²) in [7, 11) is -2.98. The van der Waals surface area contributed by atoms with Crippen molar-refractivity contribution in [1.29, 1.82) is 0 Å². The quantitative estimate of drug-likeness (QED) is 0.212. The molecule has 2 fully saturated rings. The van der Waals surface area contributed by atoms with Gasteiger partial charge in [-0.2, -0.15) is 0 Å². The van der Waals surface area contributed by atoms with Gasteiger partial charge in [0.25, 0.3) is 11.8 Å². The highest BCUT2D eigenvalue weighted by atomic mass is 35.5. The van der Waals surface area contributed by atoms with E-state index in [1.807, 2.05) is 86.7 Å². The fourth-order valence-corrected chi connectivity index (χ4v) is 11.9. The number of anilines is 3. The Morgan fingerprint density at radius 1 is 1.02 bits per heavy atom. The number of aliphatic hydroxyl groups excluding tert-OH is 1. The number of hydrogen-bond acceptors (Lipinski definition) is 6. The first-order valence-corrected chi connectivity index (χ1v) is 20.7. The topological polar surface area (TPSA) is 111 Å². The van der Waals surface area contributed by atoms with Crippen LogP contribution in [0.25, 0.3) is 10.8 Å². The van der Waals surface area contributed by atoms with Gasteiger partial charge in [0.2, 0.25) is 5.91 Å². The molecule has 1 spiro atoms. The van der Waals surface area contributed by atoms with E-state index in [1.165, 1.54) is 0 Å². The third kappa shape index (κ3) is 4.95. The molecule has 4 heterocycles. The fraction of sp³-hybridized carbons (Fsp3) is 0.359. The third-order valence-corrected chi connectivity index (χ3v) is 14.1. The van der Waals surface area contributed by atoms with Gasteiger partial charge in [-0.05, 0) is 79.3 Å². The molecule has 4 aliphatic heterocycles. The summed E-state index contributed by atoms with van der Waals surface area (Å²) in [6.07, 6.45) is 0.897. The molecule has 0 bridgehead atoms. The van der Waals surface area contributed by atoms with Gasteiger partial charge in [0.1, 0.15) is 0 Å². The standard InChI is InChI=1S/C39H40ClN3O6Si/c1-23-36(50(2,3)48)33(20-34(45)41-18-6-9-28(41)22-44)49-39(23)30-19-26(40)14-17-31(30)42(38(39)47)21-24-12-15-27(16-13-24)43-32-11-5-8-25-7-4-10-29(35(25)32)37(43)46/h4-5,7-8,10-17,19,23,28,33,36,44,48H,6,9,18,20-22H2,1-3H3/t23-,28-,33+,36-,39+/m0/s1. The summed E-state index contributed by atoms with van der Waals surface area (Å²) in [5.74, 6) is -0.907. The van der Waals surface area contributed by atoms with Crippen LogP contribution < -0.4 is 9.80 Å². The Balaban J connectivity index is 1.10. The maximum atomic E-state index is 14.8. The van der Waals surface area contributed by atoms with E-state index in [9.17, 15) is 24.3 Å². The molecule has 3 amide bonds. The Bertz CT molecular complexity index is 2040. The molecule has 4 aromatic rings. The maximum Gasteiger partial charge on any atom is 0.264 e. The summed E-state index contributed by atoms with van der Waals surface area (Å²) >= 11 is 6.56. The van der Waals surface area contributed by atoms with Crippen molar-refractivity contribution in [2.24, 2.45) is 5.92 Å². The Morgan fingerprint density at radius 2 is 1.76 bits per heavy atom. The number of ether oxygens (including phenoxy) is 1. The molecule has 258 valence electrons. The van der Waals surface area contributed by atoms with Crippen molar-refractivity contribution >= 4 is 65.5 Å². The molecule has 9 nitrogen and oxygen atoms in total. The molecule has 8 rings (SSSR count). The van der Waals surface area contributed by atoms with Crippen LogP contribution in [0.5, 0.6) is 0 Å². The van der Waals surface area contributed by atoms with Gasteiger partial charge in [-0.3, -0.25) is 19.3 Å². The second-order valence-corrected chi connectivity index (χ2v) is 19.1. The van der Waals surface area contributed by atoms with Gasteiger partial charge in [0, 0.05) is 39.7 Å². The van der Waals surface area contributed by atoms with E-state index >= 15 is 0 Å². The summed E-state index contributed by atoms with van der Waals surface area (Å²) in [5, 5.41) is 12.3. The van der Waals surface area contributed by atoms with E-state index in [-0.39, 0.29) is 43.3 Å². The number of benzene rings is 4. The van der Waals surface area contributed by atoms with Crippen LogP contribution in [-0.4, -0.2) is 66.1 Å². The highest BCUT2D eigenvalue weighted by molar-refractivity contribution is 6.71. The van der Waals surface area contributed by atoms with Gasteiger partial charge < -0.3 is 24.4 Å². The van der Waals surface area contributed by atoms with E-state index in [1.54, 1.807) is 26.8 Å². The molecule has 0 aliphatic carbocycles. The molecule has 4 aliphatic rings. The maximum absolute atomic E-state index is 14.8. The molecule has 0 unspecified atom stereocenters. The zero-order chi connectivity index (χ0) is 35.1. The van der Waals surface area contributed by atoms with E-state index in [2.05, 4.69) is 0 Å². The van der Waals surface area contributed by atoms with Gasteiger partial charge in [0.15, 0.2) is 13.9 Å². The molecule has 11 heteroatoms. The van der Waals surface area contributed by atoms with Gasteiger partial charge in [-0.1, -0.05) is 54.9 Å². The van der Waals surface area contributed by atoms with Gasteiger partial charge in [-0.25, -0.2) is 0 Å². The smallest absolute Gasteiger partial charge is 0.264 e. The minimum Gasteiger partial charge on any atom is -0.432 e. The predicted molar refractivity (Wildman–Crippen MR) is 195 cm³/mol. The van der Waals surface area contributed by atoms with Crippen LogP contribution in [0.15, 0.2) is 78.9 Å². The summed E-state index contributed by atoms with van der Waals surface area (Å²) in [4.78, 5) is 58.8. The summed E-state index contributed by atoms with van der Waals surface area (Å²) < 4.78 is 6.85. The number of fused-ring (bicyclic) bond motifs is 2. The SMILES string of the molecule is C[C@H]1[C@H]([Si](C)(C)O)[C@@H](CC(=O)N2CCC[C@H]2CO)O[C@]12C(=O)N(Cc1ccc(N3C(=O)c4cccc5cccc3c45)cc1)c1ccc(Cl)cc12. The second-order valence-electron chi connectivity index (χ2n) is 14.7. The fourth-order valence-electron chi connectivity index (χ4n) is 9.15. The number of nitrogens with zero attached hydrogens (tertiary/aromatic N) is 3. The van der Waals surface area contributed by atoms with Gasteiger partial charge >= 0.3 is 0 Å². The van der Waals surface area contributed by atoms with E-state index in [4.69, 9.17) is 16.3 Å². The number of hydrogen-bond donors (Lipinski definition) is 2.